The van der Waals surface area contributed by atoms with Gasteiger partial charge < -0.3 is 19.7 Å². The van der Waals surface area contributed by atoms with Crippen LogP contribution in [-0.2, 0) is 9.09 Å². The van der Waals surface area contributed by atoms with Crippen molar-refractivity contribution in [1.82, 2.24) is 9.97 Å². The van der Waals surface area contributed by atoms with E-state index in [1.807, 2.05) is 26.8 Å². The van der Waals surface area contributed by atoms with Crippen molar-refractivity contribution in [2.75, 3.05) is 25.1 Å². The Morgan fingerprint density at radius 2 is 2.04 bits per heavy atom. The molecule has 1 aliphatic rings. The predicted octanol–water partition coefficient (Wildman–Crippen LogP) is 4.05. The molecular weight excluding hydrogens is 365 g/mol. The lowest BCUT2D eigenvalue weighted by Gasteiger charge is -2.25. The van der Waals surface area contributed by atoms with Gasteiger partial charge in [-0.3, -0.25) is 4.57 Å². The zero-order valence-corrected chi connectivity index (χ0v) is 17.0. The first kappa shape index (κ1) is 19.6. The zero-order chi connectivity index (χ0) is 19.6. The van der Waals surface area contributed by atoms with Gasteiger partial charge in [-0.2, -0.15) is 0 Å². The first-order chi connectivity index (χ1) is 12.8. The lowest BCUT2D eigenvalue weighted by Crippen LogP contribution is -2.16. The molecule has 3 rings (SSSR count). The van der Waals surface area contributed by atoms with Crippen molar-refractivity contribution >= 4 is 13.3 Å². The van der Waals surface area contributed by atoms with Gasteiger partial charge in [-0.25, -0.2) is 9.97 Å². The molecule has 146 valence electrons. The average Bonchev–Trinajstić information content (AvgIpc) is 2.95. The van der Waals surface area contributed by atoms with Crippen LogP contribution in [-0.4, -0.2) is 41.0 Å². The van der Waals surface area contributed by atoms with Gasteiger partial charge in [0.1, 0.15) is 0 Å². The molecule has 7 nitrogen and oxygen atoms in total. The molecule has 2 heterocycles. The van der Waals surface area contributed by atoms with E-state index < -0.39 is 7.37 Å². The van der Waals surface area contributed by atoms with Gasteiger partial charge in [0.15, 0.2) is 11.5 Å². The maximum absolute atomic E-state index is 13.6. The Labute approximate surface area is 159 Å². The summed E-state index contributed by atoms with van der Waals surface area (Å²) in [4.78, 5) is 8.79. The Morgan fingerprint density at radius 3 is 2.63 bits per heavy atom. The Balaban J connectivity index is 1.92. The van der Waals surface area contributed by atoms with E-state index in [1.165, 1.54) is 7.11 Å². The molecule has 2 unspecified atom stereocenters. The summed E-state index contributed by atoms with van der Waals surface area (Å²) in [6.45, 7) is 6.12. The fraction of sp³-hybridized carbons (Fsp3) is 0.474. The molecule has 2 aromatic rings. The van der Waals surface area contributed by atoms with E-state index in [1.54, 1.807) is 18.2 Å². The first-order valence-electron chi connectivity index (χ1n) is 9.01. The van der Waals surface area contributed by atoms with Crippen LogP contribution in [0.4, 0.5) is 5.95 Å². The minimum absolute atomic E-state index is 0.0326. The van der Waals surface area contributed by atoms with E-state index in [9.17, 15) is 9.67 Å². The number of anilines is 1. The third kappa shape index (κ3) is 4.42. The molecule has 0 radical (unpaired) electrons. The molecule has 0 saturated carbocycles. The van der Waals surface area contributed by atoms with E-state index in [0.717, 1.165) is 23.4 Å². The zero-order valence-electron chi connectivity index (χ0n) is 16.1. The molecule has 1 aliphatic heterocycles. The maximum atomic E-state index is 13.6. The van der Waals surface area contributed by atoms with Crippen LogP contribution >= 0.6 is 7.37 Å². The van der Waals surface area contributed by atoms with Gasteiger partial charge in [-0.1, -0.05) is 6.07 Å². The third-order valence-electron chi connectivity index (χ3n) is 4.70. The van der Waals surface area contributed by atoms with Crippen LogP contribution < -0.4 is 10.1 Å². The molecule has 1 aromatic carbocycles. The van der Waals surface area contributed by atoms with Crippen molar-refractivity contribution in [3.05, 3.63) is 41.2 Å². The van der Waals surface area contributed by atoms with Gasteiger partial charge in [0, 0.05) is 24.1 Å². The second-order valence-electron chi connectivity index (χ2n) is 6.96. The Hall–Kier alpha value is -2.11. The molecule has 8 heteroatoms. The van der Waals surface area contributed by atoms with Crippen molar-refractivity contribution in [2.45, 2.75) is 39.0 Å². The molecule has 27 heavy (non-hydrogen) atoms. The molecule has 0 amide bonds. The van der Waals surface area contributed by atoms with Crippen LogP contribution in [0, 0.1) is 13.8 Å². The van der Waals surface area contributed by atoms with E-state index in [4.69, 9.17) is 9.26 Å². The molecule has 0 bridgehead atoms. The van der Waals surface area contributed by atoms with Gasteiger partial charge in [-0.15, -0.1) is 0 Å². The summed E-state index contributed by atoms with van der Waals surface area (Å²) in [5.41, 5.74) is 2.13. The first-order valence-corrected chi connectivity index (χ1v) is 10.9. The summed E-state index contributed by atoms with van der Waals surface area (Å²) >= 11 is 0. The van der Waals surface area contributed by atoms with Crippen molar-refractivity contribution in [3.63, 3.8) is 0 Å². The fourth-order valence-electron chi connectivity index (χ4n) is 3.38. The van der Waals surface area contributed by atoms with E-state index in [0.29, 0.717) is 24.4 Å². The van der Waals surface area contributed by atoms with Gasteiger partial charge >= 0.3 is 0 Å². The standard InChI is InChI=1S/C19H26N3O4P/c1-12-9-13(2)22-19(21-12)20-11-18(27(24)8-7-14(3)26-27)15-5-6-16(23)17(10-15)25-4/h5-6,9-10,14,18,23H,7-8,11H2,1-4H3,(H,20,21,22)/t14-,18?,27?/m1/s1. The number of hydrogen-bond donors (Lipinski definition) is 2. The van der Waals surface area contributed by atoms with Crippen LogP contribution in [0.5, 0.6) is 11.5 Å². The maximum Gasteiger partial charge on any atom is 0.223 e. The molecule has 1 aromatic heterocycles. The van der Waals surface area contributed by atoms with Crippen molar-refractivity contribution in [1.29, 1.82) is 0 Å². The number of aromatic nitrogens is 2. The number of nitrogens with one attached hydrogen (secondary N) is 1. The van der Waals surface area contributed by atoms with E-state index in [-0.39, 0.29) is 17.5 Å². The number of methoxy groups -OCH3 is 1. The highest BCUT2D eigenvalue weighted by Gasteiger charge is 2.41. The number of rotatable bonds is 6. The lowest BCUT2D eigenvalue weighted by molar-refractivity contribution is 0.250. The summed E-state index contributed by atoms with van der Waals surface area (Å²) < 4.78 is 24.7. The largest absolute Gasteiger partial charge is 0.504 e. The fourth-order valence-corrected chi connectivity index (χ4v) is 6.37. The van der Waals surface area contributed by atoms with E-state index in [2.05, 4.69) is 15.3 Å². The molecule has 0 aliphatic carbocycles. The minimum atomic E-state index is -2.92. The quantitative estimate of drug-likeness (QED) is 0.718. The van der Waals surface area contributed by atoms with Crippen LogP contribution in [0.15, 0.2) is 24.3 Å². The van der Waals surface area contributed by atoms with Crippen LogP contribution in [0.2, 0.25) is 0 Å². The number of nitrogens with zero attached hydrogens (tertiary/aromatic N) is 2. The predicted molar refractivity (Wildman–Crippen MR) is 105 cm³/mol. The van der Waals surface area contributed by atoms with Gasteiger partial charge in [-0.05, 0) is 51.0 Å². The number of benzene rings is 1. The summed E-state index contributed by atoms with van der Waals surface area (Å²) in [6, 6.07) is 6.94. The number of aryl methyl sites for hydroxylation is 2. The molecule has 0 spiro atoms. The van der Waals surface area contributed by atoms with Crippen LogP contribution in [0.25, 0.3) is 0 Å². The second-order valence-corrected chi connectivity index (χ2v) is 9.69. The van der Waals surface area contributed by atoms with Gasteiger partial charge in [0.25, 0.3) is 0 Å². The third-order valence-corrected chi connectivity index (χ3v) is 7.73. The molecule has 1 saturated heterocycles. The Kier molecular flexibility index (Phi) is 5.72. The number of aromatic hydroxyl groups is 1. The van der Waals surface area contributed by atoms with E-state index >= 15 is 0 Å². The molecular formula is C19H26N3O4P. The smallest absolute Gasteiger partial charge is 0.223 e. The number of ether oxygens (including phenoxy) is 1. The number of hydrogen-bond acceptors (Lipinski definition) is 7. The second kappa shape index (κ2) is 7.87. The molecule has 2 N–H and O–H groups in total. The van der Waals surface area contributed by atoms with Crippen molar-refractivity contribution in [3.8, 4) is 11.5 Å². The molecule has 3 atom stereocenters. The Morgan fingerprint density at radius 1 is 1.33 bits per heavy atom. The number of phenolic OH excluding ortho intramolecular Hbond substituents is 1. The topological polar surface area (TPSA) is 93.6 Å². The van der Waals surface area contributed by atoms with Gasteiger partial charge in [0.05, 0.1) is 18.9 Å². The van der Waals surface area contributed by atoms with Crippen LogP contribution in [0.1, 0.15) is 36.0 Å². The highest BCUT2D eigenvalue weighted by Crippen LogP contribution is 2.65. The summed E-state index contributed by atoms with van der Waals surface area (Å²) in [5, 5.41) is 13.1. The summed E-state index contributed by atoms with van der Waals surface area (Å²) in [7, 11) is -1.43. The average molecular weight is 391 g/mol. The monoisotopic (exact) mass is 391 g/mol. The summed E-state index contributed by atoms with van der Waals surface area (Å²) in [5.74, 6) is 0.894. The normalized spacial score (nSPS) is 23.2. The highest BCUT2D eigenvalue weighted by atomic mass is 31.2. The highest BCUT2D eigenvalue weighted by molar-refractivity contribution is 7.59. The minimum Gasteiger partial charge on any atom is -0.504 e. The Bertz CT molecular complexity index is 854. The summed E-state index contributed by atoms with van der Waals surface area (Å²) in [6.07, 6.45) is 1.26. The van der Waals surface area contributed by atoms with Crippen molar-refractivity contribution in [2.24, 2.45) is 0 Å². The molecule has 1 fully saturated rings. The van der Waals surface area contributed by atoms with Crippen molar-refractivity contribution < 1.29 is 18.9 Å². The van der Waals surface area contributed by atoms with Crippen LogP contribution in [0.3, 0.4) is 0 Å². The lowest BCUT2D eigenvalue weighted by atomic mass is 10.1. The SMILES string of the molecule is COc1cc(C(CNc2nc(C)cc(C)n2)P2(=O)CC[C@@H](C)O2)ccc1O. The van der Waals surface area contributed by atoms with Gasteiger partial charge in [0.2, 0.25) is 13.3 Å². The number of phenols is 1.